The van der Waals surface area contributed by atoms with Crippen LogP contribution in [0.15, 0.2) is 14.9 Å². The van der Waals surface area contributed by atoms with Gasteiger partial charge in [-0.05, 0) is 11.8 Å². The average molecular weight is 402 g/mol. The van der Waals surface area contributed by atoms with Gasteiger partial charge in [-0.3, -0.25) is 0 Å². The van der Waals surface area contributed by atoms with Gasteiger partial charge in [-0.15, -0.1) is 0 Å². The van der Waals surface area contributed by atoms with Crippen molar-refractivity contribution in [3.63, 3.8) is 0 Å². The maximum atomic E-state index is 12.3. The molecule has 0 aromatic carbocycles. The van der Waals surface area contributed by atoms with E-state index in [9.17, 15) is 39.5 Å². The molecular formula is C7HClF9NS3. The van der Waals surface area contributed by atoms with Crippen LogP contribution in [-0.2, 0) is 0 Å². The monoisotopic (exact) mass is 401 g/mol. The van der Waals surface area contributed by atoms with Gasteiger partial charge in [0, 0.05) is 23.5 Å². The van der Waals surface area contributed by atoms with Crippen molar-refractivity contribution < 1.29 is 39.5 Å². The lowest BCUT2D eigenvalue weighted by Crippen LogP contribution is -2.02. The Balaban J connectivity index is 3.23. The Morgan fingerprint density at radius 3 is 1.43 bits per heavy atom. The van der Waals surface area contributed by atoms with Crippen molar-refractivity contribution in [2.75, 3.05) is 0 Å². The fraction of sp³-hybridized carbons (Fsp3) is 0.429. The van der Waals surface area contributed by atoms with Crippen LogP contribution in [0.25, 0.3) is 0 Å². The number of nitrogens with one attached hydrogen (secondary N) is 1. The van der Waals surface area contributed by atoms with E-state index in [1.807, 2.05) is 0 Å². The van der Waals surface area contributed by atoms with Crippen molar-refractivity contribution in [3.05, 3.63) is 5.02 Å². The minimum Gasteiger partial charge on any atom is -0.342 e. The highest BCUT2D eigenvalue weighted by Gasteiger charge is 2.40. The van der Waals surface area contributed by atoms with Crippen LogP contribution < -0.4 is 0 Å². The summed E-state index contributed by atoms with van der Waals surface area (Å²) in [6, 6.07) is 0. The van der Waals surface area contributed by atoms with Crippen LogP contribution in [-0.4, -0.2) is 21.5 Å². The molecule has 122 valence electrons. The highest BCUT2D eigenvalue weighted by Crippen LogP contribution is 2.52. The maximum Gasteiger partial charge on any atom is 0.447 e. The predicted octanol–water partition coefficient (Wildman–Crippen LogP) is 6.50. The quantitative estimate of drug-likeness (QED) is 0.459. The molecule has 1 aromatic heterocycles. The zero-order chi connectivity index (χ0) is 16.6. The molecule has 0 aliphatic heterocycles. The van der Waals surface area contributed by atoms with E-state index in [1.165, 1.54) is 0 Å². The van der Waals surface area contributed by atoms with Crippen LogP contribution in [0.3, 0.4) is 0 Å². The Hall–Kier alpha value is -0.0100. The molecule has 0 atom stereocenters. The number of hydrogen-bond acceptors (Lipinski definition) is 3. The highest BCUT2D eigenvalue weighted by atomic mass is 35.5. The van der Waals surface area contributed by atoms with Crippen molar-refractivity contribution in [1.82, 2.24) is 4.98 Å². The first-order chi connectivity index (χ1) is 9.18. The van der Waals surface area contributed by atoms with Crippen molar-refractivity contribution >= 4 is 46.9 Å². The van der Waals surface area contributed by atoms with E-state index in [-0.39, 0.29) is 0 Å². The summed E-state index contributed by atoms with van der Waals surface area (Å²) in [5.74, 6) is 0. The minimum atomic E-state index is -5.01. The number of hydrogen-bond donors (Lipinski definition) is 1. The van der Waals surface area contributed by atoms with E-state index < -0.39 is 71.8 Å². The van der Waals surface area contributed by atoms with E-state index in [4.69, 9.17) is 11.6 Å². The molecule has 0 saturated heterocycles. The van der Waals surface area contributed by atoms with E-state index in [0.29, 0.717) is 0 Å². The van der Waals surface area contributed by atoms with Crippen molar-refractivity contribution in [2.45, 2.75) is 31.5 Å². The smallest absolute Gasteiger partial charge is 0.342 e. The molecule has 14 heteroatoms. The standard InChI is InChI=1S/C7HClF9NS3/c8-1-2(19-5(9,10)11)4(21-7(15,16)17)18-3(1)20-6(12,13)14/h18H. The fourth-order valence-electron chi connectivity index (χ4n) is 0.998. The molecule has 1 N–H and O–H groups in total. The maximum absolute atomic E-state index is 12.3. The van der Waals surface area contributed by atoms with Gasteiger partial charge in [0.1, 0.15) is 5.03 Å². The molecule has 1 nitrogen and oxygen atoms in total. The van der Waals surface area contributed by atoms with Crippen molar-refractivity contribution in [2.24, 2.45) is 0 Å². The average Bonchev–Trinajstić information content (AvgIpc) is 2.39. The van der Waals surface area contributed by atoms with Gasteiger partial charge >= 0.3 is 16.5 Å². The SMILES string of the molecule is FC(F)(F)Sc1[nH]c(SC(F)(F)F)c(SC(F)(F)F)c1Cl. The number of rotatable bonds is 3. The normalized spacial score (nSPS) is 13.8. The summed E-state index contributed by atoms with van der Waals surface area (Å²) in [4.78, 5) is 0.464. The van der Waals surface area contributed by atoms with Crippen LogP contribution in [0, 0.1) is 0 Å². The Morgan fingerprint density at radius 1 is 0.667 bits per heavy atom. The summed E-state index contributed by atoms with van der Waals surface area (Å²) < 4.78 is 110. The number of aromatic amines is 1. The van der Waals surface area contributed by atoms with Gasteiger partial charge in [-0.2, -0.15) is 39.5 Å². The molecule has 0 unspecified atom stereocenters. The fourth-order valence-corrected chi connectivity index (χ4v) is 3.53. The summed E-state index contributed by atoms with van der Waals surface area (Å²) in [7, 11) is 0. The molecule has 0 radical (unpaired) electrons. The second-order valence-electron chi connectivity index (χ2n) is 3.07. The zero-order valence-electron chi connectivity index (χ0n) is 9.00. The summed E-state index contributed by atoms with van der Waals surface area (Å²) in [6.45, 7) is 0. The molecule has 0 spiro atoms. The Bertz CT molecular complexity index is 503. The van der Waals surface area contributed by atoms with Gasteiger partial charge < -0.3 is 4.98 Å². The number of alkyl halides is 9. The minimum absolute atomic E-state index is 0.935. The number of halogens is 10. The largest absolute Gasteiger partial charge is 0.447 e. The second kappa shape index (κ2) is 6.24. The Morgan fingerprint density at radius 2 is 1.05 bits per heavy atom. The first kappa shape index (κ1) is 19.0. The predicted molar refractivity (Wildman–Crippen MR) is 61.5 cm³/mol. The van der Waals surface area contributed by atoms with E-state index in [2.05, 4.69) is 0 Å². The molecule has 0 aliphatic rings. The van der Waals surface area contributed by atoms with Crippen LogP contribution >= 0.6 is 46.9 Å². The molecule has 0 aliphatic carbocycles. The molecule has 0 saturated carbocycles. The van der Waals surface area contributed by atoms with Gasteiger partial charge in [0.05, 0.1) is 14.9 Å². The van der Waals surface area contributed by atoms with Gasteiger partial charge in [-0.25, -0.2) is 0 Å². The van der Waals surface area contributed by atoms with Gasteiger partial charge in [-0.1, -0.05) is 11.6 Å². The van der Waals surface area contributed by atoms with E-state index in [0.717, 1.165) is 0 Å². The topological polar surface area (TPSA) is 15.8 Å². The summed E-state index contributed by atoms with van der Waals surface area (Å²) in [5, 5.41) is -3.25. The Kier molecular flexibility index (Phi) is 5.66. The molecule has 1 aromatic rings. The third kappa shape index (κ3) is 6.74. The summed E-state index contributed by atoms with van der Waals surface area (Å²) >= 11 is 2.35. The molecule has 0 bridgehead atoms. The van der Waals surface area contributed by atoms with Crippen molar-refractivity contribution in [1.29, 1.82) is 0 Å². The van der Waals surface area contributed by atoms with Crippen LogP contribution in [0.4, 0.5) is 39.5 Å². The lowest BCUT2D eigenvalue weighted by Gasteiger charge is -2.08. The van der Waals surface area contributed by atoms with Gasteiger partial charge in [0.15, 0.2) is 0 Å². The van der Waals surface area contributed by atoms with E-state index in [1.54, 1.807) is 4.98 Å². The first-order valence-corrected chi connectivity index (χ1v) is 7.19. The number of thioether (sulfide) groups is 3. The molecule has 1 rings (SSSR count). The van der Waals surface area contributed by atoms with Gasteiger partial charge in [0.2, 0.25) is 0 Å². The lowest BCUT2D eigenvalue weighted by atomic mass is 10.6. The molecule has 1 heterocycles. The number of aromatic nitrogens is 1. The van der Waals surface area contributed by atoms with Crippen LogP contribution in [0.5, 0.6) is 0 Å². The number of H-pyrrole nitrogens is 1. The molecule has 0 amide bonds. The molecule has 21 heavy (non-hydrogen) atoms. The zero-order valence-corrected chi connectivity index (χ0v) is 12.2. The Labute approximate surface area is 128 Å². The highest BCUT2D eigenvalue weighted by molar-refractivity contribution is 8.03. The second-order valence-corrected chi connectivity index (χ2v) is 6.67. The lowest BCUT2D eigenvalue weighted by molar-refractivity contribution is -0.0347. The van der Waals surface area contributed by atoms with Gasteiger partial charge in [0.25, 0.3) is 0 Å². The molecule has 0 fully saturated rings. The third-order valence-electron chi connectivity index (χ3n) is 1.49. The summed E-state index contributed by atoms with van der Waals surface area (Å²) in [5.41, 5.74) is -14.9. The van der Waals surface area contributed by atoms with Crippen LogP contribution in [0.1, 0.15) is 0 Å². The van der Waals surface area contributed by atoms with Crippen LogP contribution in [0.2, 0.25) is 5.02 Å². The third-order valence-corrected chi connectivity index (χ3v) is 4.54. The molecular weight excluding hydrogens is 401 g/mol. The van der Waals surface area contributed by atoms with Crippen molar-refractivity contribution in [3.8, 4) is 0 Å². The van der Waals surface area contributed by atoms with E-state index >= 15 is 0 Å². The summed E-state index contributed by atoms with van der Waals surface area (Å²) in [6.07, 6.45) is 0. The first-order valence-electron chi connectivity index (χ1n) is 4.36.